The molecular weight excluding hydrogens is 294 g/mol. The first-order valence-corrected chi connectivity index (χ1v) is 7.93. The number of aliphatic carboxylic acids is 1. The molecule has 1 heterocycles. The molecule has 0 spiro atoms. The van der Waals surface area contributed by atoms with E-state index in [1.807, 2.05) is 37.8 Å². The number of carboxylic acids is 1. The van der Waals surface area contributed by atoms with E-state index in [2.05, 4.69) is 10.6 Å². The average molecular weight is 319 g/mol. The molecule has 0 aromatic heterocycles. The fourth-order valence-corrected chi connectivity index (χ4v) is 3.11. The van der Waals surface area contributed by atoms with Crippen LogP contribution in [0.2, 0.25) is 0 Å². The van der Waals surface area contributed by atoms with E-state index in [0.29, 0.717) is 13.1 Å². The predicted octanol–water partition coefficient (Wildman–Crippen LogP) is 1.30. The van der Waals surface area contributed by atoms with Gasteiger partial charge in [0.2, 0.25) is 5.91 Å². The van der Waals surface area contributed by atoms with E-state index in [4.69, 9.17) is 0 Å². The van der Waals surface area contributed by atoms with Crippen LogP contribution in [0.25, 0.3) is 0 Å². The number of nitrogens with one attached hydrogen (secondary N) is 2. The molecule has 1 aliphatic heterocycles. The molecular formula is C17H25N3O3. The van der Waals surface area contributed by atoms with Gasteiger partial charge in [-0.1, -0.05) is 17.7 Å². The third kappa shape index (κ3) is 4.53. The van der Waals surface area contributed by atoms with Crippen molar-refractivity contribution in [2.45, 2.75) is 33.2 Å². The van der Waals surface area contributed by atoms with Gasteiger partial charge < -0.3 is 15.7 Å². The Morgan fingerprint density at radius 1 is 1.22 bits per heavy atom. The molecule has 1 saturated heterocycles. The Labute approximate surface area is 136 Å². The summed E-state index contributed by atoms with van der Waals surface area (Å²) in [5.41, 5.74) is 3.90. The van der Waals surface area contributed by atoms with Crippen LogP contribution in [0.3, 0.4) is 0 Å². The largest absolute Gasteiger partial charge is 0.480 e. The summed E-state index contributed by atoms with van der Waals surface area (Å²) in [7, 11) is 0. The van der Waals surface area contributed by atoms with Gasteiger partial charge in [-0.25, -0.2) is 0 Å². The number of piperazine rings is 1. The summed E-state index contributed by atoms with van der Waals surface area (Å²) >= 11 is 0. The maximum absolute atomic E-state index is 12.3. The second-order valence-corrected chi connectivity index (χ2v) is 6.17. The van der Waals surface area contributed by atoms with Crippen LogP contribution in [-0.4, -0.2) is 54.1 Å². The van der Waals surface area contributed by atoms with E-state index in [9.17, 15) is 14.7 Å². The molecule has 1 aromatic carbocycles. The van der Waals surface area contributed by atoms with Crippen molar-refractivity contribution in [2.24, 2.45) is 0 Å². The van der Waals surface area contributed by atoms with Gasteiger partial charge in [0.05, 0.1) is 6.42 Å². The Bertz CT molecular complexity index is 572. The first kappa shape index (κ1) is 17.4. The lowest BCUT2D eigenvalue weighted by Crippen LogP contribution is -2.52. The second kappa shape index (κ2) is 7.57. The van der Waals surface area contributed by atoms with Gasteiger partial charge in [-0.05, 0) is 31.9 Å². The van der Waals surface area contributed by atoms with Crippen molar-refractivity contribution < 1.29 is 14.7 Å². The first-order chi connectivity index (χ1) is 10.9. The van der Waals surface area contributed by atoms with Gasteiger partial charge in [0.25, 0.3) is 0 Å². The van der Waals surface area contributed by atoms with Gasteiger partial charge in [0, 0.05) is 31.9 Å². The van der Waals surface area contributed by atoms with E-state index in [1.54, 1.807) is 0 Å². The average Bonchev–Trinajstić information content (AvgIpc) is 2.49. The van der Waals surface area contributed by atoms with E-state index in [0.717, 1.165) is 35.5 Å². The van der Waals surface area contributed by atoms with Crippen LogP contribution < -0.4 is 10.6 Å². The maximum Gasteiger partial charge on any atom is 0.321 e. The summed E-state index contributed by atoms with van der Waals surface area (Å²) in [6, 6.07) is 3.24. The van der Waals surface area contributed by atoms with Crippen molar-refractivity contribution in [3.63, 3.8) is 0 Å². The van der Waals surface area contributed by atoms with Crippen molar-refractivity contribution in [3.8, 4) is 0 Å². The molecule has 1 fully saturated rings. The lowest BCUT2D eigenvalue weighted by molar-refractivity contribution is -0.145. The number of aryl methyl sites for hydroxylation is 3. The molecule has 3 N–H and O–H groups in total. The van der Waals surface area contributed by atoms with Gasteiger partial charge in [0.1, 0.15) is 6.04 Å². The number of carboxylic acid groups (broad SMARTS) is 1. The Hall–Kier alpha value is -1.92. The Kier molecular flexibility index (Phi) is 5.74. The van der Waals surface area contributed by atoms with Gasteiger partial charge >= 0.3 is 5.97 Å². The first-order valence-electron chi connectivity index (χ1n) is 7.93. The molecule has 1 aliphatic rings. The number of rotatable bonds is 5. The van der Waals surface area contributed by atoms with Crippen molar-refractivity contribution in [2.75, 3.05) is 31.5 Å². The number of nitrogens with zero attached hydrogens (tertiary/aromatic N) is 1. The minimum absolute atomic E-state index is 0.0396. The molecule has 0 bridgehead atoms. The number of carbonyl (C=O) groups excluding carboxylic acids is 1. The maximum atomic E-state index is 12.3. The van der Waals surface area contributed by atoms with Crippen LogP contribution in [0.5, 0.6) is 0 Å². The molecule has 2 rings (SSSR count). The molecule has 126 valence electrons. The SMILES string of the molecule is Cc1cc(C)c(NC(=O)C[C@@H](C(=O)O)N2CCNCC2)c(C)c1. The highest BCUT2D eigenvalue weighted by Gasteiger charge is 2.29. The zero-order chi connectivity index (χ0) is 17.0. The molecule has 6 heteroatoms. The Balaban J connectivity index is 2.06. The van der Waals surface area contributed by atoms with Crippen LogP contribution in [0.15, 0.2) is 12.1 Å². The molecule has 1 atom stereocenters. The molecule has 0 radical (unpaired) electrons. The Morgan fingerprint density at radius 2 is 1.78 bits per heavy atom. The Morgan fingerprint density at radius 3 is 2.30 bits per heavy atom. The smallest absolute Gasteiger partial charge is 0.321 e. The van der Waals surface area contributed by atoms with Gasteiger partial charge in [-0.15, -0.1) is 0 Å². The quantitative estimate of drug-likeness (QED) is 0.762. The topological polar surface area (TPSA) is 81.7 Å². The minimum atomic E-state index is -0.945. The molecule has 0 saturated carbocycles. The van der Waals surface area contributed by atoms with E-state index >= 15 is 0 Å². The van der Waals surface area contributed by atoms with E-state index in [1.165, 1.54) is 0 Å². The highest BCUT2D eigenvalue weighted by Crippen LogP contribution is 2.22. The standard InChI is InChI=1S/C17H25N3O3/c1-11-8-12(2)16(13(3)9-11)19-15(21)10-14(17(22)23)20-6-4-18-5-7-20/h8-9,14,18H,4-7,10H2,1-3H3,(H,19,21)(H,22,23)/t14-/m0/s1. The van der Waals surface area contributed by atoms with Crippen molar-refractivity contribution >= 4 is 17.6 Å². The van der Waals surface area contributed by atoms with Crippen LogP contribution in [0.4, 0.5) is 5.69 Å². The number of carbonyl (C=O) groups is 2. The van der Waals surface area contributed by atoms with Gasteiger partial charge in [0.15, 0.2) is 0 Å². The summed E-state index contributed by atoms with van der Waals surface area (Å²) in [6.45, 7) is 8.69. The summed E-state index contributed by atoms with van der Waals surface area (Å²) < 4.78 is 0. The molecule has 1 amide bonds. The summed E-state index contributed by atoms with van der Waals surface area (Å²) in [6.07, 6.45) is -0.0396. The summed E-state index contributed by atoms with van der Waals surface area (Å²) in [5, 5.41) is 15.5. The van der Waals surface area contributed by atoms with Crippen LogP contribution >= 0.6 is 0 Å². The molecule has 1 aromatic rings. The zero-order valence-electron chi connectivity index (χ0n) is 14.0. The molecule has 0 unspecified atom stereocenters. The number of amides is 1. The zero-order valence-corrected chi connectivity index (χ0v) is 14.0. The third-order valence-electron chi connectivity index (χ3n) is 4.20. The van der Waals surface area contributed by atoms with Crippen LogP contribution in [0.1, 0.15) is 23.1 Å². The summed E-state index contributed by atoms with van der Waals surface area (Å²) in [4.78, 5) is 25.7. The highest BCUT2D eigenvalue weighted by molar-refractivity contribution is 5.95. The van der Waals surface area contributed by atoms with Crippen molar-refractivity contribution in [1.82, 2.24) is 10.2 Å². The lowest BCUT2D eigenvalue weighted by atomic mass is 10.0. The monoisotopic (exact) mass is 319 g/mol. The molecule has 23 heavy (non-hydrogen) atoms. The molecule has 6 nitrogen and oxygen atoms in total. The third-order valence-corrected chi connectivity index (χ3v) is 4.20. The minimum Gasteiger partial charge on any atom is -0.480 e. The molecule has 0 aliphatic carbocycles. The number of hydrogen-bond acceptors (Lipinski definition) is 4. The van der Waals surface area contributed by atoms with Gasteiger partial charge in [-0.2, -0.15) is 0 Å². The number of benzene rings is 1. The normalized spacial score (nSPS) is 16.8. The summed E-state index contributed by atoms with van der Waals surface area (Å²) in [5.74, 6) is -1.20. The van der Waals surface area contributed by atoms with Crippen molar-refractivity contribution in [3.05, 3.63) is 28.8 Å². The van der Waals surface area contributed by atoms with E-state index < -0.39 is 12.0 Å². The van der Waals surface area contributed by atoms with E-state index in [-0.39, 0.29) is 12.3 Å². The fraction of sp³-hybridized carbons (Fsp3) is 0.529. The fourth-order valence-electron chi connectivity index (χ4n) is 3.11. The van der Waals surface area contributed by atoms with Crippen molar-refractivity contribution in [1.29, 1.82) is 0 Å². The number of hydrogen-bond donors (Lipinski definition) is 3. The van der Waals surface area contributed by atoms with Crippen LogP contribution in [-0.2, 0) is 9.59 Å². The predicted molar refractivity (Wildman–Crippen MR) is 89.8 cm³/mol. The van der Waals surface area contributed by atoms with Gasteiger partial charge in [-0.3, -0.25) is 14.5 Å². The number of anilines is 1. The highest BCUT2D eigenvalue weighted by atomic mass is 16.4. The lowest BCUT2D eigenvalue weighted by Gasteiger charge is -2.32. The second-order valence-electron chi connectivity index (χ2n) is 6.17. The van der Waals surface area contributed by atoms with Crippen LogP contribution in [0, 0.1) is 20.8 Å².